The van der Waals surface area contributed by atoms with Gasteiger partial charge in [0.2, 0.25) is 11.8 Å². The van der Waals surface area contributed by atoms with E-state index in [4.69, 9.17) is 20.9 Å². The van der Waals surface area contributed by atoms with E-state index in [9.17, 15) is 9.59 Å². The Morgan fingerprint density at radius 1 is 0.605 bits per heavy atom. The molecule has 4 aromatic carbocycles. The summed E-state index contributed by atoms with van der Waals surface area (Å²) < 4.78 is 12.9. The molecule has 0 aliphatic rings. The number of nitrogens with zero attached hydrogens (tertiary/aromatic N) is 2. The predicted molar refractivity (Wildman–Crippen MR) is 174 cm³/mol. The number of fused-ring (bicyclic) bond motifs is 2. The normalized spacial score (nSPS) is 11.5. The van der Waals surface area contributed by atoms with Crippen molar-refractivity contribution < 1.29 is 19.1 Å². The first-order valence-corrected chi connectivity index (χ1v) is 15.2. The lowest BCUT2D eigenvalue weighted by atomic mass is 9.92. The summed E-state index contributed by atoms with van der Waals surface area (Å²) in [4.78, 5) is 28.5. The van der Waals surface area contributed by atoms with Gasteiger partial charge in [0.15, 0.2) is 0 Å². The number of likely N-dealkylation sites (N-methyl/N-ethyl adjacent to an activating group) is 2. The van der Waals surface area contributed by atoms with Gasteiger partial charge in [0.25, 0.3) is 0 Å². The number of carbonyl (C=O) groups excluding carboxylic acids is 2. The zero-order chi connectivity index (χ0) is 30.9. The molecular weight excluding hydrogens is 540 g/mol. The monoisotopic (exact) mass is 584 g/mol. The molecule has 43 heavy (non-hydrogen) atoms. The highest BCUT2D eigenvalue weighted by atomic mass is 16.5. The summed E-state index contributed by atoms with van der Waals surface area (Å²) in [6.45, 7) is 15.1. The van der Waals surface area contributed by atoms with Crippen LogP contribution in [0.25, 0.3) is 21.5 Å². The molecule has 0 unspecified atom stereocenters. The van der Waals surface area contributed by atoms with Gasteiger partial charge in [0.1, 0.15) is 24.7 Å². The molecule has 8 nitrogen and oxygen atoms in total. The number of nitrogens with two attached hydrogens (primary N) is 2. The molecule has 2 amide bonds. The first-order valence-electron chi connectivity index (χ1n) is 15.2. The van der Waals surface area contributed by atoms with Crippen LogP contribution in [0, 0.1) is 0 Å². The third-order valence-electron chi connectivity index (χ3n) is 8.22. The lowest BCUT2D eigenvalue weighted by Gasteiger charge is -2.22. The number of primary amides is 2. The lowest BCUT2D eigenvalue weighted by Crippen LogP contribution is -2.28. The second-order valence-electron chi connectivity index (χ2n) is 10.6. The van der Waals surface area contributed by atoms with Crippen molar-refractivity contribution in [2.75, 3.05) is 52.5 Å². The fraction of sp³-hybridized carbons (Fsp3) is 0.371. The molecule has 228 valence electrons. The molecule has 4 N–H and O–H groups in total. The number of hydrogen-bond donors (Lipinski definition) is 2. The van der Waals surface area contributed by atoms with Crippen molar-refractivity contribution in [3.8, 4) is 11.5 Å². The summed E-state index contributed by atoms with van der Waals surface area (Å²) >= 11 is 0. The largest absolute Gasteiger partial charge is 0.492 e. The van der Waals surface area contributed by atoms with Crippen LogP contribution in [-0.4, -0.2) is 74.1 Å². The molecule has 0 saturated heterocycles. The maximum atomic E-state index is 11.9. The molecule has 0 heterocycles. The molecule has 0 saturated carbocycles. The molecule has 0 fully saturated rings. The minimum Gasteiger partial charge on any atom is -0.492 e. The Labute approximate surface area is 254 Å². The molecule has 0 atom stereocenters. The maximum absolute atomic E-state index is 11.9. The van der Waals surface area contributed by atoms with Crippen molar-refractivity contribution in [1.82, 2.24) is 9.80 Å². The third-order valence-corrected chi connectivity index (χ3v) is 8.22. The number of amides is 2. The molecular formula is C35H44N4O4. The highest BCUT2D eigenvalue weighted by molar-refractivity contribution is 6.00. The van der Waals surface area contributed by atoms with E-state index < -0.39 is 11.8 Å². The second-order valence-corrected chi connectivity index (χ2v) is 10.6. The SMILES string of the molecule is CCN(CC)CCOc1ccc2cc(C(N)=O)ccc2c1Cc1c(OCCN(CC)CC)ccc2cc(C(N)=O)ccc12. The first kappa shape index (κ1) is 31.8. The van der Waals surface area contributed by atoms with Crippen molar-refractivity contribution in [1.29, 1.82) is 0 Å². The number of carbonyl (C=O) groups is 2. The van der Waals surface area contributed by atoms with E-state index in [1.165, 1.54) is 0 Å². The fourth-order valence-electron chi connectivity index (χ4n) is 5.52. The van der Waals surface area contributed by atoms with Gasteiger partial charge in [-0.1, -0.05) is 52.0 Å². The van der Waals surface area contributed by atoms with E-state index in [0.29, 0.717) is 30.8 Å². The summed E-state index contributed by atoms with van der Waals surface area (Å²) in [5, 5.41) is 3.76. The van der Waals surface area contributed by atoms with Gasteiger partial charge in [-0.2, -0.15) is 0 Å². The van der Waals surface area contributed by atoms with Gasteiger partial charge in [-0.05, 0) is 84.1 Å². The molecule has 0 aromatic heterocycles. The standard InChI is InChI=1S/C35H44N4O4/c1-5-38(6-2)17-19-42-32-15-11-24-21-26(34(36)40)9-13-28(24)30(32)23-31-29-14-10-27(35(37)41)22-25(29)12-16-33(31)43-20-18-39(7-3)8-4/h9-16,21-22H,5-8,17-20,23H2,1-4H3,(H2,36,40)(H2,37,41). The molecule has 4 rings (SSSR count). The summed E-state index contributed by atoms with van der Waals surface area (Å²) in [6, 6.07) is 19.0. The average molecular weight is 585 g/mol. The first-order chi connectivity index (χ1) is 20.8. The summed E-state index contributed by atoms with van der Waals surface area (Å²) in [5.74, 6) is 0.634. The van der Waals surface area contributed by atoms with Gasteiger partial charge in [-0.3, -0.25) is 9.59 Å². The quantitative estimate of drug-likeness (QED) is 0.187. The van der Waals surface area contributed by atoms with Gasteiger partial charge in [0, 0.05) is 41.8 Å². The number of rotatable bonds is 16. The van der Waals surface area contributed by atoms with Crippen LogP contribution in [0.3, 0.4) is 0 Å². The predicted octanol–water partition coefficient (Wildman–Crippen LogP) is 5.22. The maximum Gasteiger partial charge on any atom is 0.248 e. The minimum absolute atomic E-state index is 0.457. The summed E-state index contributed by atoms with van der Waals surface area (Å²) in [5.41, 5.74) is 14.1. The van der Waals surface area contributed by atoms with Gasteiger partial charge in [-0.25, -0.2) is 0 Å². The Kier molecular flexibility index (Phi) is 11.0. The Balaban J connectivity index is 1.82. The van der Waals surface area contributed by atoms with E-state index in [1.54, 1.807) is 12.1 Å². The van der Waals surface area contributed by atoms with E-state index in [-0.39, 0.29) is 0 Å². The van der Waals surface area contributed by atoms with Crippen molar-refractivity contribution in [2.45, 2.75) is 34.1 Å². The zero-order valence-electron chi connectivity index (χ0n) is 25.8. The van der Waals surface area contributed by atoms with Crippen LogP contribution < -0.4 is 20.9 Å². The summed E-state index contributed by atoms with van der Waals surface area (Å²) in [6.07, 6.45) is 0.516. The van der Waals surface area contributed by atoms with Crippen LogP contribution >= 0.6 is 0 Å². The van der Waals surface area contributed by atoms with Crippen LogP contribution in [0.1, 0.15) is 59.5 Å². The molecule has 0 radical (unpaired) electrons. The topological polar surface area (TPSA) is 111 Å². The highest BCUT2D eigenvalue weighted by Crippen LogP contribution is 2.37. The third kappa shape index (κ3) is 7.63. The van der Waals surface area contributed by atoms with Crippen molar-refractivity contribution in [2.24, 2.45) is 11.5 Å². The molecule has 4 aromatic rings. The van der Waals surface area contributed by atoms with Crippen LogP contribution in [0.5, 0.6) is 11.5 Å². The van der Waals surface area contributed by atoms with E-state index >= 15 is 0 Å². The van der Waals surface area contributed by atoms with Crippen LogP contribution in [0.2, 0.25) is 0 Å². The van der Waals surface area contributed by atoms with Crippen molar-refractivity contribution >= 4 is 33.4 Å². The Bertz CT molecular complexity index is 1460. The molecule has 8 heteroatoms. The Morgan fingerprint density at radius 3 is 1.35 bits per heavy atom. The molecule has 0 spiro atoms. The summed E-state index contributed by atoms with van der Waals surface area (Å²) in [7, 11) is 0. The Hall–Kier alpha value is -4.14. The number of benzene rings is 4. The van der Waals surface area contributed by atoms with Gasteiger partial charge in [0.05, 0.1) is 0 Å². The average Bonchev–Trinajstić information content (AvgIpc) is 3.02. The number of hydrogen-bond acceptors (Lipinski definition) is 6. The van der Waals surface area contributed by atoms with Crippen LogP contribution in [-0.2, 0) is 6.42 Å². The second kappa shape index (κ2) is 14.8. The fourth-order valence-corrected chi connectivity index (χ4v) is 5.52. The van der Waals surface area contributed by atoms with Crippen molar-refractivity contribution in [3.63, 3.8) is 0 Å². The van der Waals surface area contributed by atoms with Gasteiger partial charge < -0.3 is 30.7 Å². The van der Waals surface area contributed by atoms with Crippen LogP contribution in [0.15, 0.2) is 60.7 Å². The van der Waals surface area contributed by atoms with Crippen molar-refractivity contribution in [3.05, 3.63) is 82.9 Å². The molecule has 0 aliphatic carbocycles. The highest BCUT2D eigenvalue weighted by Gasteiger charge is 2.18. The van der Waals surface area contributed by atoms with E-state index in [2.05, 4.69) is 37.5 Å². The number of ether oxygens (including phenoxy) is 2. The zero-order valence-corrected chi connectivity index (χ0v) is 25.8. The Morgan fingerprint density at radius 2 is 1.00 bits per heavy atom. The van der Waals surface area contributed by atoms with E-state index in [0.717, 1.165) is 83.4 Å². The minimum atomic E-state index is -0.466. The van der Waals surface area contributed by atoms with Gasteiger partial charge >= 0.3 is 0 Å². The molecule has 0 aliphatic heterocycles. The van der Waals surface area contributed by atoms with Gasteiger partial charge in [-0.15, -0.1) is 0 Å². The van der Waals surface area contributed by atoms with E-state index in [1.807, 2.05) is 48.5 Å². The smallest absolute Gasteiger partial charge is 0.248 e. The lowest BCUT2D eigenvalue weighted by molar-refractivity contribution is 0.0992. The molecule has 0 bridgehead atoms. The van der Waals surface area contributed by atoms with Crippen LogP contribution in [0.4, 0.5) is 0 Å².